The SMILES string of the molecule is N=C(N)N(Cc1ccc(Cl)cc1)C(N)=NCc1ccc(Cl)cc1Cl. The van der Waals surface area contributed by atoms with E-state index in [1.807, 2.05) is 12.1 Å². The van der Waals surface area contributed by atoms with Gasteiger partial charge in [0.1, 0.15) is 0 Å². The standard InChI is InChI=1S/C16H16Cl3N5/c17-12-4-1-10(2-5-12)9-24(15(20)21)16(22)23-8-11-3-6-13(18)7-14(11)19/h1-7H,8-9H2,(H3,20,21)(H2,22,23). The Morgan fingerprint density at radius 2 is 1.62 bits per heavy atom. The zero-order valence-corrected chi connectivity index (χ0v) is 14.9. The summed E-state index contributed by atoms with van der Waals surface area (Å²) < 4.78 is 0. The van der Waals surface area contributed by atoms with Crippen LogP contribution in [-0.2, 0) is 13.1 Å². The van der Waals surface area contributed by atoms with Gasteiger partial charge >= 0.3 is 0 Å². The lowest BCUT2D eigenvalue weighted by atomic mass is 10.2. The highest BCUT2D eigenvalue weighted by Crippen LogP contribution is 2.21. The molecule has 0 aliphatic carbocycles. The van der Waals surface area contributed by atoms with Crippen molar-refractivity contribution in [1.29, 1.82) is 5.41 Å². The Balaban J connectivity index is 2.14. The first kappa shape index (κ1) is 18.4. The predicted octanol–water partition coefficient (Wildman–Crippen LogP) is 3.86. The van der Waals surface area contributed by atoms with Gasteiger partial charge in [-0.3, -0.25) is 10.3 Å². The third-order valence-corrected chi connectivity index (χ3v) is 4.09. The van der Waals surface area contributed by atoms with Crippen LogP contribution in [0, 0.1) is 5.41 Å². The van der Waals surface area contributed by atoms with Crippen LogP contribution in [0.4, 0.5) is 0 Å². The lowest BCUT2D eigenvalue weighted by Gasteiger charge is -2.21. The minimum Gasteiger partial charge on any atom is -0.370 e. The van der Waals surface area contributed by atoms with Gasteiger partial charge in [-0.15, -0.1) is 0 Å². The molecule has 0 bridgehead atoms. The number of nitrogens with one attached hydrogen (secondary N) is 1. The fourth-order valence-electron chi connectivity index (χ4n) is 1.96. The molecule has 24 heavy (non-hydrogen) atoms. The van der Waals surface area contributed by atoms with Gasteiger partial charge in [0, 0.05) is 15.1 Å². The second kappa shape index (κ2) is 8.24. The molecule has 0 saturated carbocycles. The Labute approximate surface area is 155 Å². The second-order valence-electron chi connectivity index (χ2n) is 5.01. The maximum atomic E-state index is 7.70. The zero-order chi connectivity index (χ0) is 17.7. The average molecular weight is 385 g/mol. The number of halogens is 3. The summed E-state index contributed by atoms with van der Waals surface area (Å²) >= 11 is 17.8. The van der Waals surface area contributed by atoms with E-state index in [2.05, 4.69) is 4.99 Å². The van der Waals surface area contributed by atoms with Crippen molar-refractivity contribution < 1.29 is 0 Å². The van der Waals surface area contributed by atoms with Gasteiger partial charge in [-0.25, -0.2) is 4.99 Å². The minimum absolute atomic E-state index is 0.128. The molecule has 0 spiro atoms. The summed E-state index contributed by atoms with van der Waals surface area (Å²) in [6.45, 7) is 0.572. The number of hydrogen-bond donors (Lipinski definition) is 3. The van der Waals surface area contributed by atoms with Gasteiger partial charge in [-0.2, -0.15) is 0 Å². The Morgan fingerprint density at radius 1 is 1.00 bits per heavy atom. The van der Waals surface area contributed by atoms with Gasteiger partial charge < -0.3 is 11.5 Å². The number of guanidine groups is 2. The summed E-state index contributed by atoms with van der Waals surface area (Å²) in [6, 6.07) is 12.3. The summed E-state index contributed by atoms with van der Waals surface area (Å²) in [5, 5.41) is 9.39. The Hall–Kier alpha value is -1.95. The summed E-state index contributed by atoms with van der Waals surface area (Å²) in [5.41, 5.74) is 13.3. The van der Waals surface area contributed by atoms with Gasteiger partial charge in [0.15, 0.2) is 11.9 Å². The van der Waals surface area contributed by atoms with Crippen molar-refractivity contribution in [3.8, 4) is 0 Å². The molecule has 5 nitrogen and oxygen atoms in total. The van der Waals surface area contributed by atoms with Crippen molar-refractivity contribution in [3.63, 3.8) is 0 Å². The molecule has 126 valence electrons. The van der Waals surface area contributed by atoms with Gasteiger partial charge in [0.25, 0.3) is 0 Å². The zero-order valence-electron chi connectivity index (χ0n) is 12.6. The molecule has 0 unspecified atom stereocenters. The number of hydrogen-bond acceptors (Lipinski definition) is 2. The Kier molecular flexibility index (Phi) is 6.31. The summed E-state index contributed by atoms with van der Waals surface area (Å²) in [7, 11) is 0. The van der Waals surface area contributed by atoms with Gasteiger partial charge in [0.05, 0.1) is 13.1 Å². The van der Waals surface area contributed by atoms with Gasteiger partial charge in [-0.1, -0.05) is 53.0 Å². The predicted molar refractivity (Wildman–Crippen MR) is 101 cm³/mol. The van der Waals surface area contributed by atoms with Crippen LogP contribution in [0.15, 0.2) is 47.5 Å². The van der Waals surface area contributed by atoms with Crippen molar-refractivity contribution in [3.05, 3.63) is 68.7 Å². The molecule has 0 amide bonds. The first-order chi connectivity index (χ1) is 11.4. The molecular weight excluding hydrogens is 369 g/mol. The number of nitrogens with zero attached hydrogens (tertiary/aromatic N) is 2. The molecule has 2 rings (SSSR count). The van der Waals surface area contributed by atoms with E-state index in [1.165, 1.54) is 4.90 Å². The van der Waals surface area contributed by atoms with Crippen molar-refractivity contribution in [1.82, 2.24) is 4.90 Å². The summed E-state index contributed by atoms with van der Waals surface area (Å²) in [6.07, 6.45) is 0. The van der Waals surface area contributed by atoms with Crippen LogP contribution in [0.25, 0.3) is 0 Å². The average Bonchev–Trinajstić information content (AvgIpc) is 2.53. The topological polar surface area (TPSA) is 91.5 Å². The van der Waals surface area contributed by atoms with Crippen LogP contribution < -0.4 is 11.5 Å². The van der Waals surface area contributed by atoms with E-state index in [9.17, 15) is 0 Å². The molecule has 0 saturated heterocycles. The van der Waals surface area contributed by atoms with Crippen LogP contribution in [0.5, 0.6) is 0 Å². The quantitative estimate of drug-likeness (QED) is 0.552. The van der Waals surface area contributed by atoms with E-state index >= 15 is 0 Å². The molecule has 0 radical (unpaired) electrons. The molecule has 0 aliphatic heterocycles. The van der Waals surface area contributed by atoms with Crippen LogP contribution in [0.1, 0.15) is 11.1 Å². The van der Waals surface area contributed by atoms with Crippen molar-refractivity contribution in [2.45, 2.75) is 13.1 Å². The largest absolute Gasteiger partial charge is 0.370 e. The van der Waals surface area contributed by atoms with Gasteiger partial charge in [-0.05, 0) is 35.4 Å². The van der Waals surface area contributed by atoms with E-state index in [-0.39, 0.29) is 18.5 Å². The molecule has 0 aromatic heterocycles. The molecule has 0 aliphatic rings. The lowest BCUT2D eigenvalue weighted by molar-refractivity contribution is 0.581. The highest BCUT2D eigenvalue weighted by molar-refractivity contribution is 6.35. The third kappa shape index (κ3) is 5.03. The molecule has 8 heteroatoms. The number of rotatable bonds is 4. The molecular formula is C16H16Cl3N5. The smallest absolute Gasteiger partial charge is 0.198 e. The highest BCUT2D eigenvalue weighted by atomic mass is 35.5. The van der Waals surface area contributed by atoms with Gasteiger partial charge in [0.2, 0.25) is 0 Å². The molecule has 5 N–H and O–H groups in total. The first-order valence-corrected chi connectivity index (χ1v) is 8.10. The monoisotopic (exact) mass is 383 g/mol. The maximum absolute atomic E-state index is 7.70. The number of benzene rings is 2. The Bertz CT molecular complexity index is 759. The van der Waals surface area contributed by atoms with Crippen LogP contribution in [-0.4, -0.2) is 16.8 Å². The minimum atomic E-state index is -0.201. The maximum Gasteiger partial charge on any atom is 0.198 e. The molecule has 2 aromatic carbocycles. The third-order valence-electron chi connectivity index (χ3n) is 3.25. The van der Waals surface area contributed by atoms with E-state index in [0.29, 0.717) is 21.6 Å². The Morgan fingerprint density at radius 3 is 2.21 bits per heavy atom. The van der Waals surface area contributed by atoms with E-state index in [1.54, 1.807) is 30.3 Å². The summed E-state index contributed by atoms with van der Waals surface area (Å²) in [5.74, 6) is -0.0723. The molecule has 0 heterocycles. The number of aliphatic imine (C=N–C) groups is 1. The van der Waals surface area contributed by atoms with Crippen LogP contribution in [0.3, 0.4) is 0 Å². The van der Waals surface area contributed by atoms with Crippen molar-refractivity contribution >= 4 is 46.7 Å². The normalized spacial score (nSPS) is 11.4. The fourth-order valence-corrected chi connectivity index (χ4v) is 2.56. The highest BCUT2D eigenvalue weighted by Gasteiger charge is 2.12. The number of nitrogens with two attached hydrogens (primary N) is 2. The molecule has 2 aromatic rings. The van der Waals surface area contributed by atoms with Crippen LogP contribution in [0.2, 0.25) is 15.1 Å². The van der Waals surface area contributed by atoms with E-state index in [4.69, 9.17) is 51.7 Å². The van der Waals surface area contributed by atoms with E-state index < -0.39 is 0 Å². The fraction of sp³-hybridized carbons (Fsp3) is 0.125. The van der Waals surface area contributed by atoms with E-state index in [0.717, 1.165) is 11.1 Å². The summed E-state index contributed by atoms with van der Waals surface area (Å²) in [4.78, 5) is 5.66. The molecule has 0 fully saturated rings. The van der Waals surface area contributed by atoms with Crippen molar-refractivity contribution in [2.24, 2.45) is 16.5 Å². The second-order valence-corrected chi connectivity index (χ2v) is 6.29. The van der Waals surface area contributed by atoms with Crippen LogP contribution >= 0.6 is 34.8 Å². The van der Waals surface area contributed by atoms with Crippen molar-refractivity contribution in [2.75, 3.05) is 0 Å². The lowest BCUT2D eigenvalue weighted by Crippen LogP contribution is -2.45. The molecule has 0 atom stereocenters. The first-order valence-electron chi connectivity index (χ1n) is 6.96.